The molecule has 7 heteroatoms. The van der Waals surface area contributed by atoms with Crippen LogP contribution in [0.25, 0.3) is 10.4 Å². The van der Waals surface area contributed by atoms with Crippen LogP contribution in [-0.2, 0) is 4.74 Å². The summed E-state index contributed by atoms with van der Waals surface area (Å²) >= 11 is 0. The van der Waals surface area contributed by atoms with Gasteiger partial charge in [0, 0.05) is 18.0 Å². The van der Waals surface area contributed by atoms with E-state index in [0.717, 1.165) is 6.26 Å². The van der Waals surface area contributed by atoms with Gasteiger partial charge in [-0.25, -0.2) is 4.79 Å². The van der Waals surface area contributed by atoms with E-state index >= 15 is 0 Å². The zero-order valence-electron chi connectivity index (χ0n) is 10.8. The van der Waals surface area contributed by atoms with Gasteiger partial charge in [0.1, 0.15) is 5.60 Å². The molecule has 1 aliphatic heterocycles. The Morgan fingerprint density at radius 1 is 1.67 bits per heavy atom. The molecule has 1 fully saturated rings. The predicted molar refractivity (Wildman–Crippen MR) is 66.1 cm³/mol. The van der Waals surface area contributed by atoms with Gasteiger partial charge in [-0.05, 0) is 38.3 Å². The molecule has 0 aliphatic carbocycles. The summed E-state index contributed by atoms with van der Waals surface area (Å²) in [5, 5.41) is 12.7. The van der Waals surface area contributed by atoms with Gasteiger partial charge >= 0.3 is 6.09 Å². The van der Waals surface area contributed by atoms with Crippen molar-refractivity contribution >= 4 is 6.09 Å². The van der Waals surface area contributed by atoms with E-state index in [4.69, 9.17) is 15.4 Å². The van der Waals surface area contributed by atoms with Crippen molar-refractivity contribution in [1.29, 1.82) is 0 Å². The molecule has 0 aromatic carbocycles. The molecule has 0 aromatic rings. The van der Waals surface area contributed by atoms with Crippen LogP contribution < -0.4 is 0 Å². The number of amides is 1. The lowest BCUT2D eigenvalue weighted by Gasteiger charge is -2.33. The molecular formula is C11H18N4O3. The molecule has 100 valence electrons. The van der Waals surface area contributed by atoms with Crippen LogP contribution in [0, 0.1) is 0 Å². The molecule has 0 radical (unpaired) electrons. The Kier molecular flexibility index (Phi) is 4.44. The third-order valence-electron chi connectivity index (χ3n) is 2.48. The van der Waals surface area contributed by atoms with Crippen molar-refractivity contribution in [2.45, 2.75) is 38.8 Å². The quantitative estimate of drug-likeness (QED) is 0.337. The van der Waals surface area contributed by atoms with Crippen LogP contribution in [-0.4, -0.2) is 40.8 Å². The fourth-order valence-corrected chi connectivity index (χ4v) is 1.67. The largest absolute Gasteiger partial charge is 0.516 e. The Balaban J connectivity index is 2.68. The lowest BCUT2D eigenvalue weighted by molar-refractivity contribution is 0.0240. The van der Waals surface area contributed by atoms with Crippen LogP contribution in [0.5, 0.6) is 0 Å². The van der Waals surface area contributed by atoms with Crippen LogP contribution in [0.4, 0.5) is 4.79 Å². The first kappa shape index (κ1) is 14.2. The first-order chi connectivity index (χ1) is 8.37. The molecule has 7 nitrogen and oxygen atoms in total. The van der Waals surface area contributed by atoms with E-state index in [-0.39, 0.29) is 6.54 Å². The summed E-state index contributed by atoms with van der Waals surface area (Å²) in [6.45, 7) is 6.03. The molecule has 1 amide bonds. The number of carbonyl (C=O) groups excluding carboxylic acids is 1. The van der Waals surface area contributed by atoms with Crippen molar-refractivity contribution in [3.8, 4) is 0 Å². The van der Waals surface area contributed by atoms with Crippen molar-refractivity contribution in [1.82, 2.24) is 4.90 Å². The van der Waals surface area contributed by atoms with Crippen LogP contribution in [0.15, 0.2) is 16.9 Å². The molecule has 1 aliphatic rings. The number of piperidine rings is 1. The minimum Gasteiger partial charge on any atom is -0.516 e. The summed E-state index contributed by atoms with van der Waals surface area (Å²) in [6, 6.07) is -0.390. The average molecular weight is 254 g/mol. The molecule has 0 saturated carbocycles. The molecule has 18 heavy (non-hydrogen) atoms. The molecular weight excluding hydrogens is 236 g/mol. The lowest BCUT2D eigenvalue weighted by Crippen LogP contribution is -2.43. The Hall–Kier alpha value is -1.88. The number of hydrogen-bond donors (Lipinski definition) is 1. The average Bonchev–Trinajstić information content (AvgIpc) is 2.27. The monoisotopic (exact) mass is 254 g/mol. The van der Waals surface area contributed by atoms with Gasteiger partial charge in [0.15, 0.2) is 0 Å². The second-order valence-electron chi connectivity index (χ2n) is 5.12. The minimum absolute atomic E-state index is 0.217. The van der Waals surface area contributed by atoms with Crippen molar-refractivity contribution in [2.24, 2.45) is 5.11 Å². The number of likely N-dealkylation sites (tertiary alicyclic amines) is 1. The maximum atomic E-state index is 11.8. The number of hydrogen-bond acceptors (Lipinski definition) is 4. The summed E-state index contributed by atoms with van der Waals surface area (Å²) in [5.74, 6) is 0. The third kappa shape index (κ3) is 3.85. The van der Waals surface area contributed by atoms with Gasteiger partial charge in [-0.15, -0.1) is 0 Å². The topological polar surface area (TPSA) is 98.5 Å². The third-order valence-corrected chi connectivity index (χ3v) is 2.48. The first-order valence-electron chi connectivity index (χ1n) is 5.72. The second kappa shape index (κ2) is 5.64. The van der Waals surface area contributed by atoms with Gasteiger partial charge in [-0.2, -0.15) is 0 Å². The first-order valence-corrected chi connectivity index (χ1v) is 5.72. The summed E-state index contributed by atoms with van der Waals surface area (Å²) in [4.78, 5) is 16.0. The van der Waals surface area contributed by atoms with Crippen LogP contribution >= 0.6 is 0 Å². The van der Waals surface area contributed by atoms with Gasteiger partial charge in [0.2, 0.25) is 0 Å². The summed E-state index contributed by atoms with van der Waals surface area (Å²) < 4.78 is 5.24. The highest BCUT2D eigenvalue weighted by Crippen LogP contribution is 2.21. The molecule has 0 bridgehead atoms. The molecule has 0 spiro atoms. The molecule has 0 aromatic heterocycles. The highest BCUT2D eigenvalue weighted by molar-refractivity contribution is 5.68. The van der Waals surface area contributed by atoms with Crippen molar-refractivity contribution in [3.63, 3.8) is 0 Å². The molecule has 1 saturated heterocycles. The maximum Gasteiger partial charge on any atom is 0.410 e. The van der Waals surface area contributed by atoms with Gasteiger partial charge < -0.3 is 14.7 Å². The Morgan fingerprint density at radius 3 is 2.83 bits per heavy atom. The van der Waals surface area contributed by atoms with Gasteiger partial charge in [-0.1, -0.05) is 5.11 Å². The number of carbonyl (C=O) groups is 1. The highest BCUT2D eigenvalue weighted by atomic mass is 16.6. The van der Waals surface area contributed by atoms with E-state index in [1.54, 1.807) is 20.8 Å². The summed E-state index contributed by atoms with van der Waals surface area (Å²) in [6.07, 6.45) is 0.951. The van der Waals surface area contributed by atoms with E-state index in [2.05, 4.69) is 10.0 Å². The zero-order chi connectivity index (χ0) is 13.8. The summed E-state index contributed by atoms with van der Waals surface area (Å²) in [7, 11) is 0. The molecule has 1 atom stereocenters. The molecule has 1 heterocycles. The number of aliphatic hydroxyl groups is 1. The SMILES string of the molecule is CC(C)(C)OC(=O)N1CC[C@@H](N=[N+]=[N-])/C(=C\O)C1. The van der Waals surface area contributed by atoms with Crippen LogP contribution in [0.2, 0.25) is 0 Å². The van der Waals surface area contributed by atoms with E-state index < -0.39 is 17.7 Å². The fraction of sp³-hybridized carbons (Fsp3) is 0.727. The smallest absolute Gasteiger partial charge is 0.410 e. The van der Waals surface area contributed by atoms with Gasteiger partial charge in [0.05, 0.1) is 12.3 Å². The standard InChI is InChI=1S/C11H18N4O3/c1-11(2,3)18-10(17)15-5-4-9(13-14-12)8(6-15)7-16/h7,9,16H,4-6H2,1-3H3/b8-7-/t9-/m1/s1. The van der Waals surface area contributed by atoms with E-state index in [0.29, 0.717) is 18.5 Å². The van der Waals surface area contributed by atoms with Crippen molar-refractivity contribution < 1.29 is 14.6 Å². The molecule has 1 N–H and O–H groups in total. The van der Waals surface area contributed by atoms with Gasteiger partial charge in [0.25, 0.3) is 0 Å². The normalized spacial score (nSPS) is 22.5. The predicted octanol–water partition coefficient (Wildman–Crippen LogP) is 2.75. The number of azide groups is 1. The summed E-state index contributed by atoms with van der Waals surface area (Å²) in [5.41, 5.74) is 8.37. The van der Waals surface area contributed by atoms with Crippen LogP contribution in [0.1, 0.15) is 27.2 Å². The Labute approximate surface area is 106 Å². The number of aliphatic hydroxyl groups excluding tert-OH is 1. The number of ether oxygens (including phenoxy) is 1. The van der Waals surface area contributed by atoms with E-state index in [1.165, 1.54) is 4.90 Å². The van der Waals surface area contributed by atoms with E-state index in [9.17, 15) is 4.79 Å². The van der Waals surface area contributed by atoms with Crippen molar-refractivity contribution in [2.75, 3.05) is 13.1 Å². The zero-order valence-corrected chi connectivity index (χ0v) is 10.8. The van der Waals surface area contributed by atoms with Crippen molar-refractivity contribution in [3.05, 3.63) is 22.3 Å². The second-order valence-corrected chi connectivity index (χ2v) is 5.12. The lowest BCUT2D eigenvalue weighted by atomic mass is 10.0. The fourth-order valence-electron chi connectivity index (χ4n) is 1.67. The molecule has 0 unspecified atom stereocenters. The van der Waals surface area contributed by atoms with Gasteiger partial charge in [-0.3, -0.25) is 0 Å². The van der Waals surface area contributed by atoms with E-state index in [1.807, 2.05) is 0 Å². The number of nitrogens with zero attached hydrogens (tertiary/aromatic N) is 4. The highest BCUT2D eigenvalue weighted by Gasteiger charge is 2.29. The molecule has 1 rings (SSSR count). The minimum atomic E-state index is -0.554. The maximum absolute atomic E-state index is 11.8. The Bertz CT molecular complexity index is 394. The van der Waals surface area contributed by atoms with Crippen LogP contribution in [0.3, 0.4) is 0 Å². The number of rotatable bonds is 1. The Morgan fingerprint density at radius 2 is 2.33 bits per heavy atom.